The van der Waals surface area contributed by atoms with Gasteiger partial charge in [0.1, 0.15) is 39.1 Å². The lowest BCUT2D eigenvalue weighted by Gasteiger charge is -2.37. The summed E-state index contributed by atoms with van der Waals surface area (Å²) in [6.45, 7) is 18.4. The minimum Gasteiger partial charge on any atom is -0.463 e. The number of guanidine groups is 2. The molecule has 7 heterocycles. The van der Waals surface area contributed by atoms with Gasteiger partial charge in [0.05, 0.1) is 79.4 Å². The summed E-state index contributed by atoms with van der Waals surface area (Å²) in [4.78, 5) is 103. The normalized spacial score (nSPS) is 20.9. The van der Waals surface area contributed by atoms with Crippen LogP contribution in [-0.2, 0) is 90.3 Å². The molecule has 5 fully saturated rings. The van der Waals surface area contributed by atoms with Crippen molar-refractivity contribution in [2.75, 3.05) is 13.2 Å². The summed E-state index contributed by atoms with van der Waals surface area (Å²) in [6, 6.07) is 32.6. The van der Waals surface area contributed by atoms with Crippen molar-refractivity contribution in [1.29, 1.82) is 0 Å². The van der Waals surface area contributed by atoms with Crippen molar-refractivity contribution in [3.63, 3.8) is 0 Å². The van der Waals surface area contributed by atoms with Gasteiger partial charge in [0.25, 0.3) is 11.8 Å². The highest BCUT2D eigenvalue weighted by atomic mass is 79.9. The molecule has 0 bridgehead atoms. The fraction of sp³-hybridized carbons (Fsp3) is 0.500. The summed E-state index contributed by atoms with van der Waals surface area (Å²) >= 11 is 16.3. The molecule has 3 saturated heterocycles. The zero-order valence-electron chi connectivity index (χ0n) is 81.1. The first-order valence-corrected chi connectivity index (χ1v) is 47.2. The van der Waals surface area contributed by atoms with Gasteiger partial charge in [-0.15, -0.1) is 0 Å². The van der Waals surface area contributed by atoms with E-state index in [0.29, 0.717) is 21.1 Å². The Balaban J connectivity index is 0.000000206. The molecule has 28 nitrogen and oxygen atoms in total. The quantitative estimate of drug-likeness (QED) is 0.0183. The number of nitrogens with zero attached hydrogens (tertiary/aromatic N) is 10. The average Bonchev–Trinajstić information content (AvgIpc) is 1.57. The maximum Gasteiger partial charge on any atom is 0.494 e. The number of alkyl carbamates (subject to hydrolysis) is 2. The van der Waals surface area contributed by atoms with Crippen molar-refractivity contribution < 1.29 is 137 Å². The average molecular weight is 2130 g/mol. The lowest BCUT2D eigenvalue weighted by Crippen LogP contribution is -2.50. The number of carbonyl (C=O) groups excluding carboxylic acids is 6. The van der Waals surface area contributed by atoms with Crippen LogP contribution in [0.3, 0.4) is 0 Å². The van der Waals surface area contributed by atoms with Crippen LogP contribution in [-0.4, -0.2) is 180 Å². The number of esters is 2. The summed E-state index contributed by atoms with van der Waals surface area (Å²) in [5.74, 6) is -6.62. The maximum atomic E-state index is 15.6. The summed E-state index contributed by atoms with van der Waals surface area (Å²) in [5.41, 5.74) is -15.3. The van der Waals surface area contributed by atoms with Gasteiger partial charge >= 0.3 is 70.7 Å². The fourth-order valence-corrected chi connectivity index (χ4v) is 17.1. The molecule has 0 radical (unpaired) electrons. The number of aliphatic imine (C=N–C) groups is 2. The van der Waals surface area contributed by atoms with Crippen LogP contribution in [0.15, 0.2) is 173 Å². The number of amides is 4. The predicted octanol–water partition coefficient (Wildman–Crippen LogP) is 21.3. The summed E-state index contributed by atoms with van der Waals surface area (Å²) in [6.07, 6.45) is -19.5. The van der Waals surface area contributed by atoms with Gasteiger partial charge < -0.3 is 46.9 Å². The molecule has 6 aromatic carbocycles. The van der Waals surface area contributed by atoms with E-state index in [1.165, 1.54) is 84.9 Å². The van der Waals surface area contributed by atoms with Crippen LogP contribution in [0.2, 0.25) is 10.0 Å². The first-order valence-electron chi connectivity index (χ1n) is 45.7. The monoisotopic (exact) mass is 2130 g/mol. The number of aromatic nitrogens is 6. The first-order chi connectivity index (χ1) is 66.9. The number of ether oxygens (including phenoxy) is 4. The van der Waals surface area contributed by atoms with E-state index >= 15 is 22.8 Å². The van der Waals surface area contributed by atoms with Gasteiger partial charge in [-0.2, -0.15) is 63.5 Å². The number of nitrogens with one attached hydrogen (secondary N) is 2. The fourth-order valence-electron chi connectivity index (χ4n) is 16.5. The van der Waals surface area contributed by atoms with Crippen molar-refractivity contribution >= 4 is 114 Å². The van der Waals surface area contributed by atoms with Crippen molar-refractivity contribution in [1.82, 2.24) is 50.0 Å². The Labute approximate surface area is 840 Å². The lowest BCUT2D eigenvalue weighted by molar-refractivity contribution is -0.218. The Morgan fingerprint density at radius 3 is 1.10 bits per heavy atom. The largest absolute Gasteiger partial charge is 0.494 e. The van der Waals surface area contributed by atoms with Crippen molar-refractivity contribution in [2.45, 2.75) is 270 Å². The summed E-state index contributed by atoms with van der Waals surface area (Å²) < 4.78 is 260. The van der Waals surface area contributed by atoms with E-state index in [0.717, 1.165) is 50.1 Å². The zero-order valence-corrected chi connectivity index (χ0v) is 84.2. The molecule has 15 rings (SSSR count). The standard InChI is InChI=1S/C45H47BClF7N6O7.C39H35BrClF7N6O5.C12H24B2O4/c1-40(2,45(52,53)54)24-44(28-13-15-29(16-14-28)46-66-41(3,4)42(5,6)67-46)36(62)59(38(58-44)57-39(63)65-22-26-10-8-7-9-11-26)32(23-64-33(61)21-43(18-19-43)35(48)49)27-12-17-31(47)30(20-27)34-55-25-56-60(34)37(50)51;1-36(2,39(46,47)48)20-38(24-9-11-25(40)12-10-24)32(56)53(34(52-38)51-35(57)59-18-22-6-4-3-5-7-22)28(19-58-29(55)17-37(14-15-37)31(42)43)23-8-13-27(41)26(16-23)30-49-21-50-54(30)33(44)45;1-9(2)10(3,4)16-13(15-9)14-17-11(5,6)12(7,8)18-14/h7-17,20,25,32,35,37H,18-19,21-24H2,1-6H3,(H,57,58,63);3-13,16,21,28,31,33H,14-15,17-20H2,1-2H3,(H,51,52,57);1-8H3/t32-,44-;28-,38-;/m11./s1. The Hall–Kier alpha value is -10.6. The molecule has 7 aliphatic rings. The molecule has 144 heavy (non-hydrogen) atoms. The topological polar surface area (TPSA) is 311 Å². The second kappa shape index (κ2) is 41.6. The van der Waals surface area contributed by atoms with Crippen LogP contribution in [0.1, 0.15) is 221 Å². The molecule has 0 spiro atoms. The highest BCUT2D eigenvalue weighted by Crippen LogP contribution is 2.58. The van der Waals surface area contributed by atoms with Gasteiger partial charge in [0, 0.05) is 26.4 Å². The van der Waals surface area contributed by atoms with Crippen LogP contribution < -0.4 is 16.1 Å². The molecular formula is C96H106B3BrCl2F14N12O16. The van der Waals surface area contributed by atoms with E-state index < -0.39 is 214 Å². The highest BCUT2D eigenvalue weighted by Gasteiger charge is 2.66. The molecule has 5 aliphatic heterocycles. The smallest absolute Gasteiger partial charge is 0.463 e. The van der Waals surface area contributed by atoms with E-state index in [2.05, 4.69) is 56.7 Å². The molecule has 48 heteroatoms. The van der Waals surface area contributed by atoms with Crippen LogP contribution in [0, 0.1) is 21.7 Å². The molecule has 774 valence electrons. The number of hydrogen-bond donors (Lipinski definition) is 2. The van der Waals surface area contributed by atoms with Gasteiger partial charge in [0.2, 0.25) is 24.8 Å². The minimum atomic E-state index is -4.93. The second-order valence-corrected chi connectivity index (χ2v) is 42.3. The molecule has 2 saturated carbocycles. The zero-order chi connectivity index (χ0) is 106. The molecule has 2 aromatic heterocycles. The van der Waals surface area contributed by atoms with E-state index in [1.54, 1.807) is 60.7 Å². The van der Waals surface area contributed by atoms with Crippen LogP contribution in [0.5, 0.6) is 0 Å². The molecule has 4 atom stereocenters. The number of hydrogen-bond acceptors (Lipinski definition) is 22. The minimum absolute atomic E-state index is 0.0207. The molecule has 2 aliphatic carbocycles. The van der Waals surface area contributed by atoms with Crippen LogP contribution >= 0.6 is 39.1 Å². The molecule has 2 N–H and O–H groups in total. The SMILES string of the molecule is CC(C)(C[C@]1(c2ccc(B3OC(C)(C)C(C)(C)O3)cc2)N=C(NC(=O)OCc2ccccc2)N([C@H](COC(=O)CC2(C(F)F)CC2)c2ccc(Cl)c(-c3ncnn3C(F)F)c2)C1=O)C(F)(F)F.CC(C)(C[C@]1(c2ccc(Br)cc2)N=C(NC(=O)OCc2ccccc2)N([C@H](COC(=O)CC2(C(F)F)CC2)c2ccc(Cl)c(-c3ncnn3C(F)F)c2)C1=O)C(F)(F)F.CC1(C)OB(B2OC(C)(C)C(C)(C)O2)OC1(C)C. The molecular weight excluding hydrogens is 2030 g/mol. The third-order valence-electron chi connectivity index (χ3n) is 27.9. The third kappa shape index (κ3) is 23.5. The maximum absolute atomic E-state index is 15.6. The van der Waals surface area contributed by atoms with Gasteiger partial charge in [-0.1, -0.05) is 176 Å². The molecule has 8 aromatic rings. The number of alkyl halides is 14. The number of rotatable bonds is 30. The number of carbonyl (C=O) groups is 6. The lowest BCUT2D eigenvalue weighted by atomic mass is 9.49. The van der Waals surface area contributed by atoms with E-state index in [1.807, 2.05) is 83.1 Å². The molecule has 4 amide bonds. The van der Waals surface area contributed by atoms with E-state index in [9.17, 15) is 67.5 Å². The van der Waals surface area contributed by atoms with E-state index in [4.69, 9.17) is 70.1 Å². The van der Waals surface area contributed by atoms with Gasteiger partial charge in [-0.25, -0.2) is 47.1 Å². The summed E-state index contributed by atoms with van der Waals surface area (Å²) in [5, 5.41) is 11.6. The van der Waals surface area contributed by atoms with Gasteiger partial charge in [-0.3, -0.25) is 39.6 Å². The third-order valence-corrected chi connectivity index (χ3v) is 29.0. The van der Waals surface area contributed by atoms with Crippen molar-refractivity contribution in [3.05, 3.63) is 206 Å². The highest BCUT2D eigenvalue weighted by molar-refractivity contribution is 9.10. The van der Waals surface area contributed by atoms with Crippen molar-refractivity contribution in [3.8, 4) is 22.8 Å². The molecule has 0 unspecified atom stereocenters. The first kappa shape index (κ1) is 111. The van der Waals surface area contributed by atoms with Crippen LogP contribution in [0.25, 0.3) is 22.8 Å². The van der Waals surface area contributed by atoms with Crippen molar-refractivity contribution in [2.24, 2.45) is 31.6 Å². The Morgan fingerprint density at radius 2 is 0.785 bits per heavy atom. The predicted molar refractivity (Wildman–Crippen MR) is 504 cm³/mol. The van der Waals surface area contributed by atoms with Crippen LogP contribution in [0.4, 0.5) is 71.1 Å². The second-order valence-electron chi connectivity index (χ2n) is 40.6. The summed E-state index contributed by atoms with van der Waals surface area (Å²) in [7, 11) is -1.86. The Kier molecular flexibility index (Phi) is 32.0. The number of benzene rings is 6. The Morgan fingerprint density at radius 1 is 0.458 bits per heavy atom. The van der Waals surface area contributed by atoms with Gasteiger partial charge in [-0.05, 0) is 197 Å². The van der Waals surface area contributed by atoms with E-state index in [-0.39, 0.29) is 114 Å². The van der Waals surface area contributed by atoms with Gasteiger partial charge in [0.15, 0.2) is 22.7 Å². The Bertz CT molecular complexity index is 6010. The number of halogens is 17.